The average molecular weight is 427 g/mol. The van der Waals surface area contributed by atoms with Gasteiger partial charge in [0.25, 0.3) is 0 Å². The lowest BCUT2D eigenvalue weighted by atomic mass is 10.2. The van der Waals surface area contributed by atoms with Gasteiger partial charge in [-0.15, -0.1) is 24.0 Å². The van der Waals surface area contributed by atoms with Crippen molar-refractivity contribution in [3.05, 3.63) is 36.1 Å². The van der Waals surface area contributed by atoms with E-state index in [9.17, 15) is 0 Å². The minimum Gasteiger partial charge on any atom is -0.461 e. The van der Waals surface area contributed by atoms with Crippen molar-refractivity contribution < 1.29 is 4.42 Å². The van der Waals surface area contributed by atoms with Gasteiger partial charge in [0.15, 0.2) is 5.96 Å². The van der Waals surface area contributed by atoms with E-state index in [1.807, 2.05) is 18.2 Å². The van der Waals surface area contributed by atoms with Crippen molar-refractivity contribution in [1.29, 1.82) is 0 Å². The van der Waals surface area contributed by atoms with Crippen LogP contribution < -0.4 is 10.6 Å². The van der Waals surface area contributed by atoms with Gasteiger partial charge in [0.1, 0.15) is 11.3 Å². The van der Waals surface area contributed by atoms with Crippen LogP contribution in [0.1, 0.15) is 38.4 Å². The molecule has 5 heteroatoms. The highest BCUT2D eigenvalue weighted by Gasteiger charge is 2.15. The van der Waals surface area contributed by atoms with Crippen molar-refractivity contribution >= 4 is 40.9 Å². The number of hydrogen-bond donors (Lipinski definition) is 2. The van der Waals surface area contributed by atoms with Crippen LogP contribution in [0.25, 0.3) is 11.0 Å². The number of nitrogens with zero attached hydrogens (tertiary/aromatic N) is 1. The van der Waals surface area contributed by atoms with Gasteiger partial charge in [-0.2, -0.15) is 0 Å². The third-order valence-electron chi connectivity index (χ3n) is 4.14. The standard InChI is InChI=1S/C18H25N3O.HI/c1-2-19-18(21-15-8-4-5-9-15)20-12-11-16-13-14-7-3-6-10-17(14)22-16;/h3,6-7,10,13,15H,2,4-5,8-9,11-12H2,1H3,(H2,19,20,21);1H. The normalized spacial score (nSPS) is 15.6. The van der Waals surface area contributed by atoms with Crippen molar-refractivity contribution in [2.75, 3.05) is 13.1 Å². The van der Waals surface area contributed by atoms with Crippen LogP contribution in [0.5, 0.6) is 0 Å². The van der Waals surface area contributed by atoms with Gasteiger partial charge in [-0.05, 0) is 31.9 Å². The Kier molecular flexibility index (Phi) is 7.20. The molecule has 1 saturated carbocycles. The Morgan fingerprint density at radius 2 is 2.04 bits per heavy atom. The molecule has 0 aliphatic heterocycles. The zero-order valence-corrected chi connectivity index (χ0v) is 16.0. The van der Waals surface area contributed by atoms with Crippen molar-refractivity contribution in [2.24, 2.45) is 4.99 Å². The minimum atomic E-state index is 0. The fraction of sp³-hybridized carbons (Fsp3) is 0.500. The first-order valence-corrected chi connectivity index (χ1v) is 8.37. The smallest absolute Gasteiger partial charge is 0.191 e. The first-order chi connectivity index (χ1) is 10.8. The summed E-state index contributed by atoms with van der Waals surface area (Å²) < 4.78 is 5.83. The topological polar surface area (TPSA) is 49.6 Å². The quantitative estimate of drug-likeness (QED) is 0.430. The Balaban J connectivity index is 0.00000192. The molecule has 126 valence electrons. The minimum absolute atomic E-state index is 0. The van der Waals surface area contributed by atoms with E-state index < -0.39 is 0 Å². The van der Waals surface area contributed by atoms with Crippen LogP contribution in [0, 0.1) is 0 Å². The molecular formula is C18H26IN3O. The van der Waals surface area contributed by atoms with Gasteiger partial charge in [-0.25, -0.2) is 0 Å². The molecule has 4 nitrogen and oxygen atoms in total. The molecular weight excluding hydrogens is 401 g/mol. The van der Waals surface area contributed by atoms with Crippen LogP contribution in [-0.4, -0.2) is 25.1 Å². The monoisotopic (exact) mass is 427 g/mol. The molecule has 0 radical (unpaired) electrons. The Labute approximate surface area is 155 Å². The van der Waals surface area contributed by atoms with E-state index in [0.717, 1.165) is 42.2 Å². The van der Waals surface area contributed by atoms with Crippen LogP contribution in [-0.2, 0) is 6.42 Å². The van der Waals surface area contributed by atoms with Crippen molar-refractivity contribution in [3.8, 4) is 0 Å². The van der Waals surface area contributed by atoms with Crippen molar-refractivity contribution in [1.82, 2.24) is 10.6 Å². The van der Waals surface area contributed by atoms with Gasteiger partial charge >= 0.3 is 0 Å². The second-order valence-corrected chi connectivity index (χ2v) is 5.89. The van der Waals surface area contributed by atoms with E-state index in [1.165, 1.54) is 25.7 Å². The molecule has 1 fully saturated rings. The van der Waals surface area contributed by atoms with Gasteiger partial charge in [0.2, 0.25) is 0 Å². The molecule has 2 aromatic rings. The predicted molar refractivity (Wildman–Crippen MR) is 107 cm³/mol. The maximum atomic E-state index is 5.83. The summed E-state index contributed by atoms with van der Waals surface area (Å²) >= 11 is 0. The van der Waals surface area contributed by atoms with Gasteiger partial charge in [-0.1, -0.05) is 31.0 Å². The molecule has 1 aliphatic carbocycles. The molecule has 0 atom stereocenters. The summed E-state index contributed by atoms with van der Waals surface area (Å²) in [7, 11) is 0. The molecule has 1 aromatic carbocycles. The second kappa shape index (κ2) is 9.15. The molecule has 0 unspecified atom stereocenters. The second-order valence-electron chi connectivity index (χ2n) is 5.89. The molecule has 1 heterocycles. The molecule has 1 aromatic heterocycles. The number of nitrogens with one attached hydrogen (secondary N) is 2. The Morgan fingerprint density at radius 3 is 2.78 bits per heavy atom. The summed E-state index contributed by atoms with van der Waals surface area (Å²) in [5.41, 5.74) is 0.956. The fourth-order valence-electron chi connectivity index (χ4n) is 3.02. The number of fused-ring (bicyclic) bond motifs is 1. The van der Waals surface area contributed by atoms with E-state index in [4.69, 9.17) is 4.42 Å². The van der Waals surface area contributed by atoms with Crippen molar-refractivity contribution in [3.63, 3.8) is 0 Å². The SMILES string of the molecule is CCNC(=NCCc1cc2ccccc2o1)NC1CCCC1.I. The molecule has 23 heavy (non-hydrogen) atoms. The van der Waals surface area contributed by atoms with Crippen LogP contribution in [0.15, 0.2) is 39.7 Å². The number of rotatable bonds is 5. The summed E-state index contributed by atoms with van der Waals surface area (Å²) in [5, 5.41) is 8.03. The molecule has 3 rings (SSSR count). The molecule has 0 bridgehead atoms. The number of guanidine groups is 1. The summed E-state index contributed by atoms with van der Waals surface area (Å²) in [6.45, 7) is 3.73. The number of halogens is 1. The number of benzene rings is 1. The number of aliphatic imine (C=N–C) groups is 1. The van der Waals surface area contributed by atoms with Crippen LogP contribution in [0.3, 0.4) is 0 Å². The Bertz CT molecular complexity index is 599. The maximum Gasteiger partial charge on any atom is 0.191 e. The molecule has 1 aliphatic rings. The summed E-state index contributed by atoms with van der Waals surface area (Å²) in [4.78, 5) is 4.68. The lowest BCUT2D eigenvalue weighted by molar-refractivity contribution is 0.549. The molecule has 0 saturated heterocycles. The van der Waals surface area contributed by atoms with Crippen molar-refractivity contribution in [2.45, 2.75) is 45.1 Å². The van der Waals surface area contributed by atoms with Gasteiger partial charge < -0.3 is 15.1 Å². The highest BCUT2D eigenvalue weighted by Crippen LogP contribution is 2.19. The van der Waals surface area contributed by atoms with Crippen LogP contribution >= 0.6 is 24.0 Å². The van der Waals surface area contributed by atoms with Gasteiger partial charge in [0, 0.05) is 30.9 Å². The molecule has 0 spiro atoms. The first kappa shape index (κ1) is 18.1. The van der Waals surface area contributed by atoms with Crippen LogP contribution in [0.4, 0.5) is 0 Å². The zero-order chi connectivity index (χ0) is 15.2. The highest BCUT2D eigenvalue weighted by atomic mass is 127. The lowest BCUT2D eigenvalue weighted by Gasteiger charge is -2.16. The number of hydrogen-bond acceptors (Lipinski definition) is 2. The van der Waals surface area contributed by atoms with E-state index in [2.05, 4.69) is 34.7 Å². The average Bonchev–Trinajstić information content (AvgIpc) is 3.16. The van der Waals surface area contributed by atoms with Gasteiger partial charge in [0.05, 0.1) is 0 Å². The summed E-state index contributed by atoms with van der Waals surface area (Å²) in [6.07, 6.45) is 6.00. The Morgan fingerprint density at radius 1 is 1.26 bits per heavy atom. The Hall–Kier alpha value is -1.24. The van der Waals surface area contributed by atoms with E-state index in [1.54, 1.807) is 0 Å². The number of para-hydroxylation sites is 1. The maximum absolute atomic E-state index is 5.83. The van der Waals surface area contributed by atoms with E-state index in [-0.39, 0.29) is 24.0 Å². The summed E-state index contributed by atoms with van der Waals surface area (Å²) in [5.74, 6) is 1.94. The number of furan rings is 1. The van der Waals surface area contributed by atoms with Crippen LogP contribution in [0.2, 0.25) is 0 Å². The predicted octanol–water partition coefficient (Wildman–Crippen LogP) is 4.09. The third-order valence-corrected chi connectivity index (χ3v) is 4.14. The largest absolute Gasteiger partial charge is 0.461 e. The van der Waals surface area contributed by atoms with E-state index in [0.29, 0.717) is 6.04 Å². The third kappa shape index (κ3) is 5.12. The zero-order valence-electron chi connectivity index (χ0n) is 13.7. The molecule has 0 amide bonds. The first-order valence-electron chi connectivity index (χ1n) is 8.37. The lowest BCUT2D eigenvalue weighted by Crippen LogP contribution is -2.42. The van der Waals surface area contributed by atoms with Gasteiger partial charge in [-0.3, -0.25) is 4.99 Å². The summed E-state index contributed by atoms with van der Waals surface area (Å²) in [6, 6.07) is 10.8. The fourth-order valence-corrected chi connectivity index (χ4v) is 3.02. The van der Waals surface area contributed by atoms with E-state index >= 15 is 0 Å². The molecule has 2 N–H and O–H groups in total. The highest BCUT2D eigenvalue weighted by molar-refractivity contribution is 14.0.